The van der Waals surface area contributed by atoms with Crippen molar-refractivity contribution in [3.8, 4) is 5.75 Å². The third-order valence-electron chi connectivity index (χ3n) is 2.78. The Morgan fingerprint density at radius 1 is 1.62 bits per heavy atom. The third-order valence-corrected chi connectivity index (χ3v) is 2.78. The van der Waals surface area contributed by atoms with Crippen LogP contribution in [0, 0.1) is 5.92 Å². The molecule has 0 spiro atoms. The molecule has 1 aromatic carbocycles. The topological polar surface area (TPSA) is 58.6 Å². The molecule has 0 radical (unpaired) electrons. The molecule has 0 bridgehead atoms. The van der Waals surface area contributed by atoms with Gasteiger partial charge in [0.1, 0.15) is 5.75 Å². The van der Waals surface area contributed by atoms with Gasteiger partial charge in [0.25, 0.3) is 0 Å². The largest absolute Gasteiger partial charge is 0.493 e. The lowest BCUT2D eigenvalue weighted by atomic mass is 9.95. The highest BCUT2D eigenvalue weighted by Gasteiger charge is 2.20. The van der Waals surface area contributed by atoms with Crippen molar-refractivity contribution < 1.29 is 14.6 Å². The molecule has 0 saturated carbocycles. The minimum absolute atomic E-state index is 0.326. The Hall–Kier alpha value is -1.55. The van der Waals surface area contributed by atoms with Gasteiger partial charge in [0, 0.05) is 12.5 Å². The van der Waals surface area contributed by atoms with Crippen LogP contribution in [-0.2, 0) is 6.42 Å². The first-order valence-corrected chi connectivity index (χ1v) is 5.34. The predicted octanol–water partition coefficient (Wildman–Crippen LogP) is 1.16. The van der Waals surface area contributed by atoms with Gasteiger partial charge < -0.3 is 15.2 Å². The maximum absolute atomic E-state index is 10.8. The Kier molecular flexibility index (Phi) is 3.10. The summed E-state index contributed by atoms with van der Waals surface area (Å²) >= 11 is 0. The van der Waals surface area contributed by atoms with E-state index in [1.54, 1.807) is 18.2 Å². The van der Waals surface area contributed by atoms with Crippen molar-refractivity contribution in [1.29, 1.82) is 0 Å². The summed E-state index contributed by atoms with van der Waals surface area (Å²) in [5.74, 6) is 0.345. The summed E-state index contributed by atoms with van der Waals surface area (Å²) in [6, 6.07) is 5.04. The quantitative estimate of drug-likeness (QED) is 0.804. The van der Waals surface area contributed by atoms with Crippen LogP contribution in [0.5, 0.6) is 5.75 Å². The molecule has 0 fully saturated rings. The van der Waals surface area contributed by atoms with E-state index >= 15 is 0 Å². The first kappa shape index (κ1) is 11.0. The maximum atomic E-state index is 10.8. The molecule has 4 nitrogen and oxygen atoms in total. The van der Waals surface area contributed by atoms with Crippen molar-refractivity contribution in [1.82, 2.24) is 5.32 Å². The molecule has 0 amide bonds. The molecule has 2 rings (SSSR count). The van der Waals surface area contributed by atoms with Gasteiger partial charge >= 0.3 is 5.97 Å². The number of hydrogen-bond acceptors (Lipinski definition) is 3. The number of hydrogen-bond donors (Lipinski definition) is 2. The molecule has 1 aliphatic heterocycles. The molecule has 4 heteroatoms. The Bertz CT molecular complexity index is 403. The van der Waals surface area contributed by atoms with Gasteiger partial charge in [-0.05, 0) is 37.2 Å². The van der Waals surface area contributed by atoms with Gasteiger partial charge in [-0.3, -0.25) is 0 Å². The lowest BCUT2D eigenvalue weighted by Gasteiger charge is -2.25. The first-order valence-electron chi connectivity index (χ1n) is 5.34. The summed E-state index contributed by atoms with van der Waals surface area (Å²) in [4.78, 5) is 10.8. The van der Waals surface area contributed by atoms with E-state index in [-0.39, 0.29) is 0 Å². The minimum atomic E-state index is -0.890. The smallest absolute Gasteiger partial charge is 0.335 e. The van der Waals surface area contributed by atoms with E-state index in [4.69, 9.17) is 9.84 Å². The zero-order valence-corrected chi connectivity index (χ0v) is 9.19. The molecular formula is C12H15NO3. The summed E-state index contributed by atoms with van der Waals surface area (Å²) in [7, 11) is 1.91. The van der Waals surface area contributed by atoms with Gasteiger partial charge in [-0.25, -0.2) is 4.79 Å². The van der Waals surface area contributed by atoms with Gasteiger partial charge in [-0.2, -0.15) is 0 Å². The summed E-state index contributed by atoms with van der Waals surface area (Å²) in [5, 5.41) is 12.0. The second kappa shape index (κ2) is 4.53. The zero-order chi connectivity index (χ0) is 11.5. The fourth-order valence-corrected chi connectivity index (χ4v) is 2.01. The number of fused-ring (bicyclic) bond motifs is 1. The van der Waals surface area contributed by atoms with Crippen molar-refractivity contribution in [2.75, 3.05) is 20.2 Å². The summed E-state index contributed by atoms with van der Waals surface area (Å²) in [5.41, 5.74) is 1.32. The average molecular weight is 221 g/mol. The van der Waals surface area contributed by atoms with E-state index in [9.17, 15) is 4.79 Å². The molecule has 16 heavy (non-hydrogen) atoms. The van der Waals surface area contributed by atoms with Crippen molar-refractivity contribution in [2.24, 2.45) is 5.92 Å². The van der Waals surface area contributed by atoms with Crippen LogP contribution in [0.15, 0.2) is 18.2 Å². The number of nitrogens with one attached hydrogen (secondary N) is 1. The van der Waals surface area contributed by atoms with E-state index in [0.717, 1.165) is 24.3 Å². The summed E-state index contributed by atoms with van der Waals surface area (Å²) in [6.45, 7) is 1.58. The van der Waals surface area contributed by atoms with Crippen LogP contribution in [0.3, 0.4) is 0 Å². The number of benzene rings is 1. The maximum Gasteiger partial charge on any atom is 0.335 e. The van der Waals surface area contributed by atoms with Crippen LogP contribution in [0.2, 0.25) is 0 Å². The highest BCUT2D eigenvalue weighted by molar-refractivity contribution is 5.88. The second-order valence-corrected chi connectivity index (χ2v) is 4.07. The molecule has 1 atom stereocenters. The summed E-state index contributed by atoms with van der Waals surface area (Å²) in [6.07, 6.45) is 0.872. The highest BCUT2D eigenvalue weighted by Crippen LogP contribution is 2.27. The van der Waals surface area contributed by atoms with Gasteiger partial charge in [0.15, 0.2) is 0 Å². The lowest BCUT2D eigenvalue weighted by molar-refractivity contribution is 0.0696. The molecule has 1 aromatic rings. The van der Waals surface area contributed by atoms with Crippen molar-refractivity contribution in [2.45, 2.75) is 6.42 Å². The first-order chi connectivity index (χ1) is 7.70. The Morgan fingerprint density at radius 3 is 3.12 bits per heavy atom. The monoisotopic (exact) mass is 221 g/mol. The molecule has 1 heterocycles. The molecule has 0 aliphatic carbocycles. The zero-order valence-electron chi connectivity index (χ0n) is 9.19. The second-order valence-electron chi connectivity index (χ2n) is 4.07. The van der Waals surface area contributed by atoms with Crippen LogP contribution < -0.4 is 10.1 Å². The minimum Gasteiger partial charge on any atom is -0.493 e. The molecular weight excluding hydrogens is 206 g/mol. The lowest BCUT2D eigenvalue weighted by Crippen LogP contribution is -2.29. The Labute approximate surface area is 94.2 Å². The third kappa shape index (κ3) is 2.17. The molecule has 0 aromatic heterocycles. The fourth-order valence-electron chi connectivity index (χ4n) is 2.01. The number of carboxylic acid groups (broad SMARTS) is 1. The van der Waals surface area contributed by atoms with Gasteiger partial charge in [-0.1, -0.05) is 0 Å². The summed E-state index contributed by atoms with van der Waals surface area (Å²) < 4.78 is 5.59. The average Bonchev–Trinajstić information content (AvgIpc) is 2.28. The van der Waals surface area contributed by atoms with Crippen molar-refractivity contribution in [3.05, 3.63) is 29.3 Å². The molecule has 1 unspecified atom stereocenters. The van der Waals surface area contributed by atoms with Crippen molar-refractivity contribution >= 4 is 5.97 Å². The fraction of sp³-hybridized carbons (Fsp3) is 0.417. The standard InChI is InChI=1S/C12H15NO3/c1-13-6-8-4-10-5-9(12(14)15)2-3-11(10)16-7-8/h2-3,5,8,13H,4,6-7H2,1H3,(H,14,15). The van der Waals surface area contributed by atoms with Crippen LogP contribution in [0.25, 0.3) is 0 Å². The molecule has 0 saturated heterocycles. The van der Waals surface area contributed by atoms with Gasteiger partial charge in [0.2, 0.25) is 0 Å². The molecule has 2 N–H and O–H groups in total. The normalized spacial score (nSPS) is 18.7. The van der Waals surface area contributed by atoms with Gasteiger partial charge in [-0.15, -0.1) is 0 Å². The van der Waals surface area contributed by atoms with E-state index in [1.807, 2.05) is 7.05 Å². The van der Waals surface area contributed by atoms with E-state index in [1.165, 1.54) is 0 Å². The number of rotatable bonds is 3. The Morgan fingerprint density at radius 2 is 2.44 bits per heavy atom. The van der Waals surface area contributed by atoms with Crippen LogP contribution in [0.4, 0.5) is 0 Å². The van der Waals surface area contributed by atoms with Gasteiger partial charge in [0.05, 0.1) is 12.2 Å². The highest BCUT2D eigenvalue weighted by atomic mass is 16.5. The Balaban J connectivity index is 2.21. The number of aromatic carboxylic acids is 1. The van der Waals surface area contributed by atoms with E-state index < -0.39 is 5.97 Å². The number of carboxylic acids is 1. The van der Waals surface area contributed by atoms with Crippen LogP contribution in [0.1, 0.15) is 15.9 Å². The number of ether oxygens (including phenoxy) is 1. The number of carbonyl (C=O) groups is 1. The van der Waals surface area contributed by atoms with Crippen LogP contribution >= 0.6 is 0 Å². The SMILES string of the molecule is CNCC1COc2ccc(C(=O)O)cc2C1. The molecule has 1 aliphatic rings. The molecule has 86 valence electrons. The van der Waals surface area contributed by atoms with E-state index in [2.05, 4.69) is 5.32 Å². The van der Waals surface area contributed by atoms with Crippen LogP contribution in [-0.4, -0.2) is 31.3 Å². The van der Waals surface area contributed by atoms with Crippen molar-refractivity contribution in [3.63, 3.8) is 0 Å². The predicted molar refractivity (Wildman–Crippen MR) is 60.0 cm³/mol. The van der Waals surface area contributed by atoms with E-state index in [0.29, 0.717) is 18.1 Å².